The van der Waals surface area contributed by atoms with Crippen molar-refractivity contribution in [1.82, 2.24) is 4.98 Å². The number of rotatable bonds is 3. The molecular weight excluding hydrogens is 283 g/mol. The summed E-state index contributed by atoms with van der Waals surface area (Å²) in [5, 5.41) is 2.45. The van der Waals surface area contributed by atoms with Crippen molar-refractivity contribution in [2.45, 2.75) is 4.90 Å². The van der Waals surface area contributed by atoms with E-state index < -0.39 is 21.7 Å². The van der Waals surface area contributed by atoms with E-state index in [0.29, 0.717) is 0 Å². The number of nitrogens with zero attached hydrogens (tertiary/aromatic N) is 1. The van der Waals surface area contributed by atoms with Gasteiger partial charge in [-0.2, -0.15) is 4.39 Å². The summed E-state index contributed by atoms with van der Waals surface area (Å²) in [5.41, 5.74) is 0.207. The molecule has 0 spiro atoms. The highest BCUT2D eigenvalue weighted by atomic mass is 32.2. The molecule has 0 aliphatic rings. The fourth-order valence-electron chi connectivity index (χ4n) is 1.63. The molecule has 0 saturated heterocycles. The van der Waals surface area contributed by atoms with Gasteiger partial charge >= 0.3 is 0 Å². The normalized spacial score (nSPS) is 11.1. The van der Waals surface area contributed by atoms with Crippen molar-refractivity contribution in [3.8, 4) is 0 Å². The molecule has 0 aliphatic carbocycles. The molecule has 20 heavy (non-hydrogen) atoms. The number of hydrogen-bond donors (Lipinski definition) is 1. The van der Waals surface area contributed by atoms with E-state index >= 15 is 0 Å². The maximum absolute atomic E-state index is 12.9. The Bertz CT molecular complexity index is 760. The van der Waals surface area contributed by atoms with Crippen molar-refractivity contribution in [3.05, 3.63) is 54.1 Å². The van der Waals surface area contributed by atoms with Crippen molar-refractivity contribution in [2.24, 2.45) is 0 Å². The number of amides is 1. The standard InChI is InChI=1S/C13H11FN2O3S/c1-20(18,19)11-5-3-2-4-10(11)16-13(17)9-6-7-15-12(14)8-9/h2-8H,1H3,(H,16,17). The first-order chi connectivity index (χ1) is 9.38. The Labute approximate surface area is 115 Å². The number of benzene rings is 1. The van der Waals surface area contributed by atoms with E-state index in [2.05, 4.69) is 10.3 Å². The molecule has 0 unspecified atom stereocenters. The fourth-order valence-corrected chi connectivity index (χ4v) is 2.48. The summed E-state index contributed by atoms with van der Waals surface area (Å²) in [6.07, 6.45) is 2.21. The van der Waals surface area contributed by atoms with Crippen LogP contribution in [0.4, 0.5) is 10.1 Å². The Morgan fingerprint density at radius 3 is 2.60 bits per heavy atom. The minimum Gasteiger partial charge on any atom is -0.321 e. The molecule has 0 atom stereocenters. The molecule has 1 heterocycles. The first kappa shape index (κ1) is 14.1. The van der Waals surface area contributed by atoms with E-state index in [1.54, 1.807) is 12.1 Å². The Hall–Kier alpha value is -2.28. The highest BCUT2D eigenvalue weighted by Gasteiger charge is 2.15. The predicted molar refractivity (Wildman–Crippen MR) is 71.7 cm³/mol. The van der Waals surface area contributed by atoms with Crippen molar-refractivity contribution in [2.75, 3.05) is 11.6 Å². The quantitative estimate of drug-likeness (QED) is 0.877. The van der Waals surface area contributed by atoms with Gasteiger partial charge in [-0.3, -0.25) is 4.79 Å². The second kappa shape index (κ2) is 5.38. The predicted octanol–water partition coefficient (Wildman–Crippen LogP) is 1.88. The number of halogens is 1. The smallest absolute Gasteiger partial charge is 0.255 e. The summed E-state index contributed by atoms with van der Waals surface area (Å²) in [6.45, 7) is 0. The average Bonchev–Trinajstić information content (AvgIpc) is 2.38. The number of hydrogen-bond acceptors (Lipinski definition) is 4. The van der Waals surface area contributed by atoms with Gasteiger partial charge in [0.2, 0.25) is 5.95 Å². The SMILES string of the molecule is CS(=O)(=O)c1ccccc1NC(=O)c1ccnc(F)c1. The first-order valence-electron chi connectivity index (χ1n) is 5.60. The molecule has 0 bridgehead atoms. The van der Waals surface area contributed by atoms with Crippen molar-refractivity contribution >= 4 is 21.4 Å². The highest BCUT2D eigenvalue weighted by molar-refractivity contribution is 7.90. The lowest BCUT2D eigenvalue weighted by Crippen LogP contribution is -2.14. The third-order valence-electron chi connectivity index (χ3n) is 2.52. The van der Waals surface area contributed by atoms with Crippen LogP contribution in [-0.4, -0.2) is 25.6 Å². The number of aromatic nitrogens is 1. The van der Waals surface area contributed by atoms with Gasteiger partial charge in [0.05, 0.1) is 10.6 Å². The summed E-state index contributed by atoms with van der Waals surface area (Å²) in [5.74, 6) is -1.39. The largest absolute Gasteiger partial charge is 0.321 e. The molecule has 0 fully saturated rings. The van der Waals surface area contributed by atoms with Gasteiger partial charge in [0.25, 0.3) is 5.91 Å². The van der Waals surface area contributed by atoms with Gasteiger partial charge < -0.3 is 5.32 Å². The lowest BCUT2D eigenvalue weighted by Gasteiger charge is -2.09. The highest BCUT2D eigenvalue weighted by Crippen LogP contribution is 2.21. The van der Waals surface area contributed by atoms with Crippen LogP contribution >= 0.6 is 0 Å². The van der Waals surface area contributed by atoms with Crippen LogP contribution < -0.4 is 5.32 Å². The van der Waals surface area contributed by atoms with Crippen LogP contribution in [0.2, 0.25) is 0 Å². The third kappa shape index (κ3) is 3.18. The number of pyridine rings is 1. The summed E-state index contributed by atoms with van der Waals surface area (Å²) < 4.78 is 36.2. The summed E-state index contributed by atoms with van der Waals surface area (Å²) >= 11 is 0. The maximum atomic E-state index is 12.9. The Morgan fingerprint density at radius 1 is 1.25 bits per heavy atom. The molecular formula is C13H11FN2O3S. The molecule has 0 aliphatic heterocycles. The Kier molecular flexibility index (Phi) is 3.80. The van der Waals surface area contributed by atoms with E-state index in [1.807, 2.05) is 0 Å². The van der Waals surface area contributed by atoms with Crippen LogP contribution in [0.5, 0.6) is 0 Å². The Balaban J connectivity index is 2.34. The number of carbonyl (C=O) groups excluding carboxylic acids is 1. The molecule has 0 radical (unpaired) electrons. The van der Waals surface area contributed by atoms with E-state index in [1.165, 1.54) is 18.2 Å². The molecule has 1 aromatic heterocycles. The number of sulfone groups is 1. The van der Waals surface area contributed by atoms with Crippen molar-refractivity contribution < 1.29 is 17.6 Å². The second-order valence-corrected chi connectivity index (χ2v) is 6.07. The molecule has 2 rings (SSSR count). The summed E-state index contributed by atoms with van der Waals surface area (Å²) in [6, 6.07) is 8.30. The van der Waals surface area contributed by atoms with E-state index in [0.717, 1.165) is 18.5 Å². The zero-order valence-corrected chi connectivity index (χ0v) is 11.3. The lowest BCUT2D eigenvalue weighted by molar-refractivity contribution is 0.102. The van der Waals surface area contributed by atoms with Gasteiger partial charge in [0.1, 0.15) is 0 Å². The zero-order chi connectivity index (χ0) is 14.8. The molecule has 104 valence electrons. The van der Waals surface area contributed by atoms with E-state index in [-0.39, 0.29) is 16.1 Å². The van der Waals surface area contributed by atoms with Gasteiger partial charge in [-0.05, 0) is 18.2 Å². The van der Waals surface area contributed by atoms with Crippen LogP contribution in [0, 0.1) is 5.95 Å². The summed E-state index contributed by atoms with van der Waals surface area (Å²) in [4.78, 5) is 15.3. The number of para-hydroxylation sites is 1. The van der Waals surface area contributed by atoms with E-state index in [4.69, 9.17) is 0 Å². The van der Waals surface area contributed by atoms with Gasteiger partial charge in [-0.15, -0.1) is 0 Å². The summed E-state index contributed by atoms with van der Waals surface area (Å²) in [7, 11) is -3.47. The van der Waals surface area contributed by atoms with Crippen LogP contribution in [0.15, 0.2) is 47.5 Å². The van der Waals surface area contributed by atoms with Crippen LogP contribution in [-0.2, 0) is 9.84 Å². The molecule has 0 saturated carbocycles. The van der Waals surface area contributed by atoms with Crippen LogP contribution in [0.1, 0.15) is 10.4 Å². The molecule has 1 aromatic carbocycles. The minimum atomic E-state index is -3.47. The average molecular weight is 294 g/mol. The van der Waals surface area contributed by atoms with Gasteiger partial charge in [0.15, 0.2) is 9.84 Å². The van der Waals surface area contributed by atoms with Crippen LogP contribution in [0.25, 0.3) is 0 Å². The van der Waals surface area contributed by atoms with E-state index in [9.17, 15) is 17.6 Å². The molecule has 1 N–H and O–H groups in total. The molecule has 1 amide bonds. The third-order valence-corrected chi connectivity index (χ3v) is 3.68. The molecule has 5 nitrogen and oxygen atoms in total. The fraction of sp³-hybridized carbons (Fsp3) is 0.0769. The molecule has 2 aromatic rings. The Morgan fingerprint density at radius 2 is 1.95 bits per heavy atom. The van der Waals surface area contributed by atoms with Crippen molar-refractivity contribution in [1.29, 1.82) is 0 Å². The number of nitrogens with one attached hydrogen (secondary N) is 1. The van der Waals surface area contributed by atoms with Gasteiger partial charge in [-0.25, -0.2) is 13.4 Å². The monoisotopic (exact) mass is 294 g/mol. The van der Waals surface area contributed by atoms with Gasteiger partial charge in [-0.1, -0.05) is 12.1 Å². The second-order valence-electron chi connectivity index (χ2n) is 4.09. The minimum absolute atomic E-state index is 0.00266. The van der Waals surface area contributed by atoms with Gasteiger partial charge in [0, 0.05) is 24.1 Å². The maximum Gasteiger partial charge on any atom is 0.255 e. The zero-order valence-electron chi connectivity index (χ0n) is 10.5. The number of carbonyl (C=O) groups is 1. The van der Waals surface area contributed by atoms with Crippen LogP contribution in [0.3, 0.4) is 0 Å². The topological polar surface area (TPSA) is 76.1 Å². The first-order valence-corrected chi connectivity index (χ1v) is 7.49. The molecule has 7 heteroatoms. The van der Waals surface area contributed by atoms with Crippen molar-refractivity contribution in [3.63, 3.8) is 0 Å². The lowest BCUT2D eigenvalue weighted by atomic mass is 10.2. The number of anilines is 1.